The highest BCUT2D eigenvalue weighted by Crippen LogP contribution is 2.32. The van der Waals surface area contributed by atoms with Gasteiger partial charge in [0, 0.05) is 43.5 Å². The average molecular weight is 383 g/mol. The Bertz CT molecular complexity index is 860. The Morgan fingerprint density at radius 2 is 1.71 bits per heavy atom. The summed E-state index contributed by atoms with van der Waals surface area (Å²) < 4.78 is 10.8. The summed E-state index contributed by atoms with van der Waals surface area (Å²) in [6.07, 6.45) is 0. The molecule has 0 aromatic heterocycles. The first-order valence-corrected chi connectivity index (χ1v) is 9.15. The van der Waals surface area contributed by atoms with E-state index in [-0.39, 0.29) is 11.8 Å². The third-order valence-electron chi connectivity index (χ3n) is 4.81. The van der Waals surface area contributed by atoms with E-state index in [0.29, 0.717) is 37.4 Å². The van der Waals surface area contributed by atoms with Crippen LogP contribution in [0.2, 0.25) is 0 Å². The molecule has 0 radical (unpaired) electrons. The molecule has 3 rings (SSSR count). The lowest BCUT2D eigenvalue weighted by molar-refractivity contribution is 0.101. The number of piperazine rings is 1. The van der Waals surface area contributed by atoms with Crippen molar-refractivity contribution >= 4 is 23.2 Å². The molecule has 0 atom stereocenters. The Morgan fingerprint density at radius 3 is 2.36 bits per heavy atom. The molecule has 7 heteroatoms. The Balaban J connectivity index is 1.63. The molecular weight excluding hydrogens is 358 g/mol. The Kier molecular flexibility index (Phi) is 6.03. The Labute approximate surface area is 164 Å². The lowest BCUT2D eigenvalue weighted by Gasteiger charge is -2.36. The lowest BCUT2D eigenvalue weighted by atomic mass is 10.1. The van der Waals surface area contributed by atoms with Gasteiger partial charge in [-0.25, -0.2) is 4.79 Å². The number of nitrogens with zero attached hydrogens (tertiary/aromatic N) is 2. The van der Waals surface area contributed by atoms with Gasteiger partial charge in [-0.15, -0.1) is 0 Å². The van der Waals surface area contributed by atoms with Gasteiger partial charge >= 0.3 is 6.03 Å². The molecule has 1 fully saturated rings. The second-order valence-corrected chi connectivity index (χ2v) is 6.58. The van der Waals surface area contributed by atoms with E-state index in [2.05, 4.69) is 10.2 Å². The number of methoxy groups -OCH3 is 2. The van der Waals surface area contributed by atoms with Crippen LogP contribution in [0, 0.1) is 0 Å². The third-order valence-corrected chi connectivity index (χ3v) is 4.81. The molecule has 1 N–H and O–H groups in total. The molecule has 28 heavy (non-hydrogen) atoms. The fourth-order valence-corrected chi connectivity index (χ4v) is 3.21. The highest BCUT2D eigenvalue weighted by atomic mass is 16.5. The second-order valence-electron chi connectivity index (χ2n) is 6.58. The zero-order valence-corrected chi connectivity index (χ0v) is 16.4. The number of carbonyl (C=O) groups is 2. The quantitative estimate of drug-likeness (QED) is 0.803. The smallest absolute Gasteiger partial charge is 0.321 e. The van der Waals surface area contributed by atoms with E-state index in [4.69, 9.17) is 9.47 Å². The molecule has 2 aromatic carbocycles. The van der Waals surface area contributed by atoms with Crippen LogP contribution in [-0.2, 0) is 0 Å². The van der Waals surface area contributed by atoms with Crippen LogP contribution in [0.3, 0.4) is 0 Å². The predicted molar refractivity (Wildman–Crippen MR) is 109 cm³/mol. The Morgan fingerprint density at radius 1 is 0.964 bits per heavy atom. The maximum Gasteiger partial charge on any atom is 0.321 e. The maximum atomic E-state index is 12.6. The molecule has 148 valence electrons. The average Bonchev–Trinajstić information content (AvgIpc) is 2.73. The summed E-state index contributed by atoms with van der Waals surface area (Å²) in [4.78, 5) is 28.0. The van der Waals surface area contributed by atoms with E-state index in [1.807, 2.05) is 18.2 Å². The zero-order chi connectivity index (χ0) is 20.1. The van der Waals surface area contributed by atoms with Crippen LogP contribution in [0.25, 0.3) is 0 Å². The van der Waals surface area contributed by atoms with Crippen LogP contribution in [0.1, 0.15) is 17.3 Å². The van der Waals surface area contributed by atoms with Gasteiger partial charge in [0.05, 0.1) is 19.9 Å². The van der Waals surface area contributed by atoms with E-state index >= 15 is 0 Å². The van der Waals surface area contributed by atoms with Crippen molar-refractivity contribution in [2.75, 3.05) is 50.6 Å². The highest BCUT2D eigenvalue weighted by Gasteiger charge is 2.23. The number of anilines is 2. The van der Waals surface area contributed by atoms with Crippen molar-refractivity contribution in [2.24, 2.45) is 0 Å². The summed E-state index contributed by atoms with van der Waals surface area (Å²) in [5, 5.41) is 2.87. The van der Waals surface area contributed by atoms with Crippen LogP contribution in [0.5, 0.6) is 11.5 Å². The lowest BCUT2D eigenvalue weighted by Crippen LogP contribution is -2.50. The molecule has 2 amide bonds. The van der Waals surface area contributed by atoms with E-state index in [0.717, 1.165) is 17.2 Å². The van der Waals surface area contributed by atoms with E-state index in [1.54, 1.807) is 43.4 Å². The number of rotatable bonds is 5. The molecule has 1 aliphatic rings. The number of Topliss-reactive ketones (excluding diaryl/α,β-unsaturated/α-hetero) is 1. The van der Waals surface area contributed by atoms with Gasteiger partial charge in [0.15, 0.2) is 5.78 Å². The number of amides is 2. The monoisotopic (exact) mass is 383 g/mol. The number of hydrogen-bond donors (Lipinski definition) is 1. The van der Waals surface area contributed by atoms with Crippen molar-refractivity contribution in [3.63, 3.8) is 0 Å². The van der Waals surface area contributed by atoms with Crippen LogP contribution < -0.4 is 19.7 Å². The first-order chi connectivity index (χ1) is 13.5. The number of benzene rings is 2. The minimum atomic E-state index is -0.169. The molecule has 0 spiro atoms. The predicted octanol–water partition coefficient (Wildman–Crippen LogP) is 3.26. The molecule has 0 aliphatic carbocycles. The van der Waals surface area contributed by atoms with Gasteiger partial charge in [0.25, 0.3) is 0 Å². The minimum Gasteiger partial charge on any atom is -0.497 e. The van der Waals surface area contributed by atoms with Crippen molar-refractivity contribution in [3.8, 4) is 11.5 Å². The van der Waals surface area contributed by atoms with Crippen molar-refractivity contribution < 1.29 is 19.1 Å². The summed E-state index contributed by atoms with van der Waals surface area (Å²) in [5.74, 6) is 1.51. The number of ketones is 1. The largest absolute Gasteiger partial charge is 0.497 e. The van der Waals surface area contributed by atoms with Gasteiger partial charge in [-0.1, -0.05) is 12.1 Å². The molecule has 1 aliphatic heterocycles. The maximum absolute atomic E-state index is 12.6. The number of nitrogens with one attached hydrogen (secondary N) is 1. The first-order valence-electron chi connectivity index (χ1n) is 9.15. The van der Waals surface area contributed by atoms with Crippen LogP contribution in [0.15, 0.2) is 42.5 Å². The molecular formula is C21H25N3O4. The second kappa shape index (κ2) is 8.65. The van der Waals surface area contributed by atoms with E-state index in [9.17, 15) is 9.59 Å². The van der Waals surface area contributed by atoms with Crippen LogP contribution in [0.4, 0.5) is 16.2 Å². The molecule has 0 bridgehead atoms. The Hall–Kier alpha value is -3.22. The molecule has 0 unspecified atom stereocenters. The van der Waals surface area contributed by atoms with Crippen LogP contribution in [-0.4, -0.2) is 57.1 Å². The van der Waals surface area contributed by atoms with Gasteiger partial charge in [-0.05, 0) is 31.2 Å². The van der Waals surface area contributed by atoms with Gasteiger partial charge < -0.3 is 24.6 Å². The molecule has 0 saturated carbocycles. The number of carbonyl (C=O) groups excluding carboxylic acids is 2. The normalized spacial score (nSPS) is 13.8. The van der Waals surface area contributed by atoms with Crippen molar-refractivity contribution in [2.45, 2.75) is 6.92 Å². The first kappa shape index (κ1) is 19.5. The molecule has 7 nitrogen and oxygen atoms in total. The number of ether oxygens (including phenoxy) is 2. The summed E-state index contributed by atoms with van der Waals surface area (Å²) in [6, 6.07) is 12.5. The fraction of sp³-hybridized carbons (Fsp3) is 0.333. The van der Waals surface area contributed by atoms with Crippen molar-refractivity contribution in [3.05, 3.63) is 48.0 Å². The third kappa shape index (κ3) is 4.36. The summed E-state index contributed by atoms with van der Waals surface area (Å²) in [6.45, 7) is 4.04. The summed E-state index contributed by atoms with van der Waals surface area (Å²) in [7, 11) is 3.28. The van der Waals surface area contributed by atoms with Crippen molar-refractivity contribution in [1.82, 2.24) is 4.90 Å². The molecule has 1 saturated heterocycles. The SMILES string of the molecule is COc1ccc(OC)c(N2CCN(C(=O)Nc3cccc(C(C)=O)c3)CC2)c1. The van der Waals surface area contributed by atoms with Crippen LogP contribution >= 0.6 is 0 Å². The minimum absolute atomic E-state index is 0.0306. The summed E-state index contributed by atoms with van der Waals surface area (Å²) >= 11 is 0. The molecule has 2 aromatic rings. The molecule has 1 heterocycles. The number of hydrogen-bond acceptors (Lipinski definition) is 5. The number of urea groups is 1. The van der Waals surface area contributed by atoms with E-state index in [1.165, 1.54) is 6.92 Å². The fourth-order valence-electron chi connectivity index (χ4n) is 3.21. The highest BCUT2D eigenvalue weighted by molar-refractivity contribution is 5.96. The standard InChI is InChI=1S/C21H25N3O4/c1-15(25)16-5-4-6-17(13-16)22-21(26)24-11-9-23(10-12-24)19-14-18(27-2)7-8-20(19)28-3/h4-8,13-14H,9-12H2,1-3H3,(H,22,26). The van der Waals surface area contributed by atoms with Gasteiger partial charge in [0.1, 0.15) is 11.5 Å². The zero-order valence-electron chi connectivity index (χ0n) is 16.4. The van der Waals surface area contributed by atoms with Gasteiger partial charge in [-0.3, -0.25) is 4.79 Å². The van der Waals surface area contributed by atoms with Gasteiger partial charge in [-0.2, -0.15) is 0 Å². The summed E-state index contributed by atoms with van der Waals surface area (Å²) in [5.41, 5.74) is 2.15. The van der Waals surface area contributed by atoms with Gasteiger partial charge in [0.2, 0.25) is 0 Å². The topological polar surface area (TPSA) is 71.1 Å². The van der Waals surface area contributed by atoms with E-state index < -0.39 is 0 Å². The van der Waals surface area contributed by atoms with Crippen molar-refractivity contribution in [1.29, 1.82) is 0 Å².